The number of carboxylic acid groups (broad SMARTS) is 1. The molecule has 0 fully saturated rings. The second-order valence-electron chi connectivity index (χ2n) is 4.88. The molecular weight excluding hydrogens is 258 g/mol. The molecule has 0 saturated carbocycles. The summed E-state index contributed by atoms with van der Waals surface area (Å²) in [5.74, 6) is -0.942. The average Bonchev–Trinajstić information content (AvgIpc) is 3.13. The van der Waals surface area contributed by atoms with Crippen LogP contribution in [0.5, 0.6) is 0 Å². The first kappa shape index (κ1) is 11.2. The number of fused-ring (bicyclic) bond motifs is 3. The molecule has 1 N–H and O–H groups in total. The summed E-state index contributed by atoms with van der Waals surface area (Å²) < 4.78 is 6.62. The van der Waals surface area contributed by atoms with Crippen molar-refractivity contribution in [3.05, 3.63) is 41.9 Å². The number of carbonyl (C=O) groups is 1. The van der Waals surface area contributed by atoms with Gasteiger partial charge in [0, 0.05) is 11.1 Å². The Kier molecular flexibility index (Phi) is 2.20. The first-order valence-corrected chi connectivity index (χ1v) is 6.39. The second-order valence-corrected chi connectivity index (χ2v) is 4.88. The van der Waals surface area contributed by atoms with Crippen LogP contribution < -0.4 is 0 Å². The van der Waals surface area contributed by atoms with E-state index in [-0.39, 0.29) is 0 Å². The lowest BCUT2D eigenvalue weighted by atomic mass is 10.1. The fraction of sp³-hybridized carbons (Fsp3) is 0.214. The minimum Gasteiger partial charge on any atom is -0.481 e. The van der Waals surface area contributed by atoms with E-state index in [0.29, 0.717) is 12.4 Å². The van der Waals surface area contributed by atoms with Gasteiger partial charge in [-0.15, -0.1) is 0 Å². The zero-order chi connectivity index (χ0) is 13.7. The molecule has 0 radical (unpaired) electrons. The highest BCUT2D eigenvalue weighted by atomic mass is 16.5. The standard InChI is InChI=1S/C14H11N3O3/c18-13(19)10-6-5-9-8-3-1-2-4-11(8)17(12(9)10)14-15-7-20-16-14/h1-4,7,10H,5-6H2,(H,18,19). The SMILES string of the molecule is O=C(O)C1CCc2c1n(-c1ncon1)c1ccccc21. The molecule has 100 valence electrons. The Morgan fingerprint density at radius 2 is 2.25 bits per heavy atom. The van der Waals surface area contributed by atoms with Gasteiger partial charge in [-0.1, -0.05) is 18.2 Å². The van der Waals surface area contributed by atoms with Gasteiger partial charge in [0.25, 0.3) is 5.95 Å². The van der Waals surface area contributed by atoms with Crippen LogP contribution >= 0.6 is 0 Å². The number of benzene rings is 1. The van der Waals surface area contributed by atoms with Crippen molar-refractivity contribution in [2.24, 2.45) is 0 Å². The molecule has 0 amide bonds. The van der Waals surface area contributed by atoms with Gasteiger partial charge in [0.05, 0.1) is 11.4 Å². The zero-order valence-corrected chi connectivity index (χ0v) is 10.5. The van der Waals surface area contributed by atoms with Crippen LogP contribution in [0.15, 0.2) is 35.2 Å². The number of hydrogen-bond donors (Lipinski definition) is 1. The number of aromatic nitrogens is 3. The average molecular weight is 269 g/mol. The summed E-state index contributed by atoms with van der Waals surface area (Å²) in [6.07, 6.45) is 2.63. The van der Waals surface area contributed by atoms with Crippen molar-refractivity contribution in [1.82, 2.24) is 14.7 Å². The van der Waals surface area contributed by atoms with E-state index in [9.17, 15) is 9.90 Å². The Morgan fingerprint density at radius 1 is 1.40 bits per heavy atom. The summed E-state index contributed by atoms with van der Waals surface area (Å²) in [5.41, 5.74) is 2.78. The highest BCUT2D eigenvalue weighted by molar-refractivity contribution is 5.91. The summed E-state index contributed by atoms with van der Waals surface area (Å²) in [4.78, 5) is 15.6. The number of hydrogen-bond acceptors (Lipinski definition) is 4. The van der Waals surface area contributed by atoms with Gasteiger partial charge in [-0.3, -0.25) is 9.36 Å². The molecule has 3 aromatic rings. The van der Waals surface area contributed by atoms with Crippen LogP contribution in [-0.2, 0) is 11.2 Å². The van der Waals surface area contributed by atoms with Crippen LogP contribution in [0.25, 0.3) is 16.9 Å². The summed E-state index contributed by atoms with van der Waals surface area (Å²) >= 11 is 0. The van der Waals surface area contributed by atoms with Gasteiger partial charge in [0.2, 0.25) is 6.39 Å². The Morgan fingerprint density at radius 3 is 3.00 bits per heavy atom. The molecule has 1 atom stereocenters. The molecule has 0 aliphatic heterocycles. The summed E-state index contributed by atoms with van der Waals surface area (Å²) in [7, 11) is 0. The second kappa shape index (κ2) is 3.93. The van der Waals surface area contributed by atoms with Crippen molar-refractivity contribution in [3.8, 4) is 5.95 Å². The van der Waals surface area contributed by atoms with Crippen LogP contribution in [0.4, 0.5) is 0 Å². The van der Waals surface area contributed by atoms with Crippen LogP contribution in [-0.4, -0.2) is 25.8 Å². The third kappa shape index (κ3) is 1.36. The zero-order valence-electron chi connectivity index (χ0n) is 10.5. The molecule has 0 spiro atoms. The lowest BCUT2D eigenvalue weighted by molar-refractivity contribution is -0.138. The smallest absolute Gasteiger partial charge is 0.312 e. The van der Waals surface area contributed by atoms with Crippen LogP contribution in [0.2, 0.25) is 0 Å². The molecule has 1 unspecified atom stereocenters. The van der Waals surface area contributed by atoms with Gasteiger partial charge in [-0.2, -0.15) is 4.98 Å². The maximum absolute atomic E-state index is 11.5. The molecule has 1 aliphatic rings. The van der Waals surface area contributed by atoms with Gasteiger partial charge < -0.3 is 9.63 Å². The van der Waals surface area contributed by atoms with E-state index in [0.717, 1.165) is 28.6 Å². The Bertz CT molecular complexity index is 805. The van der Waals surface area contributed by atoms with Crippen LogP contribution in [0, 0.1) is 0 Å². The predicted octanol–water partition coefficient (Wildman–Crippen LogP) is 2.13. The van der Waals surface area contributed by atoms with E-state index in [4.69, 9.17) is 4.52 Å². The maximum Gasteiger partial charge on any atom is 0.312 e. The summed E-state index contributed by atoms with van der Waals surface area (Å²) in [6, 6.07) is 7.83. The fourth-order valence-corrected chi connectivity index (χ4v) is 3.10. The Labute approximate surface area is 113 Å². The van der Waals surface area contributed by atoms with E-state index in [2.05, 4.69) is 10.1 Å². The summed E-state index contributed by atoms with van der Waals surface area (Å²) in [5, 5.41) is 14.4. The van der Waals surface area contributed by atoms with Gasteiger partial charge >= 0.3 is 5.97 Å². The quantitative estimate of drug-likeness (QED) is 0.770. The number of nitrogens with zero attached hydrogens (tertiary/aromatic N) is 3. The highest BCUT2D eigenvalue weighted by Crippen LogP contribution is 2.41. The molecule has 6 heteroatoms. The predicted molar refractivity (Wildman–Crippen MR) is 69.8 cm³/mol. The minimum atomic E-state index is -0.809. The van der Waals surface area contributed by atoms with Crippen LogP contribution in [0.3, 0.4) is 0 Å². The van der Waals surface area contributed by atoms with Crippen molar-refractivity contribution in [3.63, 3.8) is 0 Å². The molecule has 6 nitrogen and oxygen atoms in total. The van der Waals surface area contributed by atoms with Gasteiger partial charge in [-0.25, -0.2) is 0 Å². The van der Waals surface area contributed by atoms with Gasteiger partial charge in [0.15, 0.2) is 0 Å². The highest BCUT2D eigenvalue weighted by Gasteiger charge is 2.35. The lowest BCUT2D eigenvalue weighted by Crippen LogP contribution is -2.13. The minimum absolute atomic E-state index is 0.385. The number of rotatable bonds is 2. The van der Waals surface area contributed by atoms with E-state index in [1.807, 2.05) is 24.3 Å². The molecule has 1 aliphatic carbocycles. The van der Waals surface area contributed by atoms with Crippen molar-refractivity contribution >= 4 is 16.9 Å². The molecule has 20 heavy (non-hydrogen) atoms. The maximum atomic E-state index is 11.5. The van der Waals surface area contributed by atoms with E-state index in [1.54, 1.807) is 4.57 Å². The van der Waals surface area contributed by atoms with E-state index >= 15 is 0 Å². The normalized spacial score (nSPS) is 17.5. The molecule has 2 aromatic heterocycles. The third-order valence-corrected chi connectivity index (χ3v) is 3.88. The molecule has 1 aromatic carbocycles. The summed E-state index contributed by atoms with van der Waals surface area (Å²) in [6.45, 7) is 0. The van der Waals surface area contributed by atoms with Crippen molar-refractivity contribution in [2.75, 3.05) is 0 Å². The number of aryl methyl sites for hydroxylation is 1. The largest absolute Gasteiger partial charge is 0.481 e. The molecule has 0 bridgehead atoms. The molecule has 2 heterocycles. The van der Waals surface area contributed by atoms with Crippen molar-refractivity contribution in [1.29, 1.82) is 0 Å². The van der Waals surface area contributed by atoms with Crippen LogP contribution in [0.1, 0.15) is 23.6 Å². The first-order chi connectivity index (χ1) is 9.77. The number of aliphatic carboxylic acids is 1. The Balaban J connectivity index is 2.11. The van der Waals surface area contributed by atoms with Crippen molar-refractivity contribution < 1.29 is 14.4 Å². The third-order valence-electron chi connectivity index (χ3n) is 3.88. The fourth-order valence-electron chi connectivity index (χ4n) is 3.10. The lowest BCUT2D eigenvalue weighted by Gasteiger charge is -2.09. The first-order valence-electron chi connectivity index (χ1n) is 6.39. The molecular formula is C14H11N3O3. The monoisotopic (exact) mass is 269 g/mol. The molecule has 4 rings (SSSR count). The van der Waals surface area contributed by atoms with E-state index in [1.165, 1.54) is 6.39 Å². The van der Waals surface area contributed by atoms with Gasteiger partial charge in [0.1, 0.15) is 0 Å². The number of carboxylic acids is 1. The number of para-hydroxylation sites is 1. The molecule has 0 saturated heterocycles. The van der Waals surface area contributed by atoms with E-state index < -0.39 is 11.9 Å². The van der Waals surface area contributed by atoms with Gasteiger partial charge in [-0.05, 0) is 29.6 Å². The van der Waals surface area contributed by atoms with Crippen molar-refractivity contribution in [2.45, 2.75) is 18.8 Å². The Hall–Kier alpha value is -2.63. The topological polar surface area (TPSA) is 81.1 Å².